The van der Waals surface area contributed by atoms with Crippen molar-refractivity contribution < 1.29 is 4.79 Å². The van der Waals surface area contributed by atoms with Crippen molar-refractivity contribution in [1.29, 1.82) is 0 Å². The fraction of sp³-hybridized carbons (Fsp3) is 0. The molecule has 2 N–H and O–H groups in total. The first-order valence-corrected chi connectivity index (χ1v) is 9.52. The van der Waals surface area contributed by atoms with Gasteiger partial charge in [-0.2, -0.15) is 5.10 Å². The lowest BCUT2D eigenvalue weighted by Gasteiger charge is -2.09. The summed E-state index contributed by atoms with van der Waals surface area (Å²) in [6, 6.07) is 28.5. The fourth-order valence-electron chi connectivity index (χ4n) is 3.28. The number of anilines is 1. The number of nitrogens with one attached hydrogen (secondary N) is 2. The molecule has 6 nitrogen and oxygen atoms in total. The van der Waals surface area contributed by atoms with E-state index in [1.165, 1.54) is 0 Å². The van der Waals surface area contributed by atoms with Gasteiger partial charge in [0.05, 0.1) is 11.2 Å². The Kier molecular flexibility index (Phi) is 4.50. The molecule has 30 heavy (non-hydrogen) atoms. The number of fused-ring (bicyclic) bond motifs is 1. The quantitative estimate of drug-likeness (QED) is 0.455. The van der Waals surface area contributed by atoms with Crippen molar-refractivity contribution in [3.63, 3.8) is 0 Å². The van der Waals surface area contributed by atoms with Crippen molar-refractivity contribution in [3.8, 4) is 22.8 Å². The van der Waals surface area contributed by atoms with Crippen LogP contribution in [0.4, 0.5) is 5.69 Å². The average molecular weight is 391 g/mol. The molecule has 5 aromatic rings. The topological polar surface area (TPSA) is 83.6 Å². The SMILES string of the molecule is O=C(Nc1ccccc1-c1nc(-c2ccccc2)n[nH]1)c1ccc2ccccc2n1. The van der Waals surface area contributed by atoms with Crippen molar-refractivity contribution >= 4 is 22.5 Å². The minimum atomic E-state index is -0.281. The number of carbonyl (C=O) groups is 1. The molecule has 2 aromatic heterocycles. The van der Waals surface area contributed by atoms with E-state index in [9.17, 15) is 4.79 Å². The lowest BCUT2D eigenvalue weighted by atomic mass is 10.1. The number of amides is 1. The van der Waals surface area contributed by atoms with Gasteiger partial charge in [-0.05, 0) is 24.3 Å². The fourth-order valence-corrected chi connectivity index (χ4v) is 3.28. The number of hydrogen-bond acceptors (Lipinski definition) is 4. The van der Waals surface area contributed by atoms with E-state index in [1.807, 2.05) is 84.9 Å². The van der Waals surface area contributed by atoms with Crippen LogP contribution >= 0.6 is 0 Å². The zero-order valence-corrected chi connectivity index (χ0v) is 15.9. The molecule has 0 aliphatic heterocycles. The second-order valence-electron chi connectivity index (χ2n) is 6.76. The van der Waals surface area contributed by atoms with Crippen LogP contribution in [-0.2, 0) is 0 Å². The molecule has 1 amide bonds. The Balaban J connectivity index is 1.45. The highest BCUT2D eigenvalue weighted by Crippen LogP contribution is 2.27. The summed E-state index contributed by atoms with van der Waals surface area (Å²) in [7, 11) is 0. The van der Waals surface area contributed by atoms with Gasteiger partial charge in [0.25, 0.3) is 5.91 Å². The van der Waals surface area contributed by atoms with Crippen molar-refractivity contribution in [3.05, 3.63) is 96.7 Å². The van der Waals surface area contributed by atoms with Gasteiger partial charge in [0.2, 0.25) is 0 Å². The van der Waals surface area contributed by atoms with E-state index < -0.39 is 0 Å². The monoisotopic (exact) mass is 391 g/mol. The van der Waals surface area contributed by atoms with E-state index in [4.69, 9.17) is 0 Å². The summed E-state index contributed by atoms with van der Waals surface area (Å²) >= 11 is 0. The zero-order valence-electron chi connectivity index (χ0n) is 15.9. The summed E-state index contributed by atoms with van der Waals surface area (Å²) in [4.78, 5) is 21.9. The van der Waals surface area contributed by atoms with Crippen LogP contribution in [-0.4, -0.2) is 26.1 Å². The maximum Gasteiger partial charge on any atom is 0.274 e. The lowest BCUT2D eigenvalue weighted by Crippen LogP contribution is -2.14. The third kappa shape index (κ3) is 3.42. The minimum Gasteiger partial charge on any atom is -0.320 e. The maximum atomic E-state index is 12.8. The second-order valence-corrected chi connectivity index (χ2v) is 6.76. The Morgan fingerprint density at radius 1 is 0.767 bits per heavy atom. The summed E-state index contributed by atoms with van der Waals surface area (Å²) in [6.45, 7) is 0. The predicted octanol–water partition coefficient (Wildman–Crippen LogP) is 4.94. The van der Waals surface area contributed by atoms with Crippen molar-refractivity contribution in [1.82, 2.24) is 20.2 Å². The highest BCUT2D eigenvalue weighted by molar-refractivity contribution is 6.05. The van der Waals surface area contributed by atoms with E-state index in [0.717, 1.165) is 22.0 Å². The number of nitrogens with zero attached hydrogens (tertiary/aromatic N) is 3. The molecule has 0 atom stereocenters. The number of rotatable bonds is 4. The number of carbonyl (C=O) groups excluding carboxylic acids is 1. The second kappa shape index (κ2) is 7.60. The Labute approximate surface area is 172 Å². The van der Waals surface area contributed by atoms with Crippen LogP contribution in [0.25, 0.3) is 33.7 Å². The number of H-pyrrole nitrogens is 1. The average Bonchev–Trinajstić information content (AvgIpc) is 3.30. The predicted molar refractivity (Wildman–Crippen MR) is 117 cm³/mol. The van der Waals surface area contributed by atoms with Gasteiger partial charge >= 0.3 is 0 Å². The highest BCUT2D eigenvalue weighted by atomic mass is 16.1. The molecule has 2 heterocycles. The summed E-state index contributed by atoms with van der Waals surface area (Å²) in [5, 5.41) is 11.2. The molecule has 0 unspecified atom stereocenters. The molecular weight excluding hydrogens is 374 g/mol. The lowest BCUT2D eigenvalue weighted by molar-refractivity contribution is 0.102. The first-order valence-electron chi connectivity index (χ1n) is 9.52. The third-order valence-electron chi connectivity index (χ3n) is 4.78. The Hall–Kier alpha value is -4.32. The number of aromatic nitrogens is 4. The van der Waals surface area contributed by atoms with Crippen LogP contribution in [0.2, 0.25) is 0 Å². The molecule has 0 spiro atoms. The largest absolute Gasteiger partial charge is 0.320 e. The molecule has 0 saturated carbocycles. The van der Waals surface area contributed by atoms with Gasteiger partial charge in [0, 0.05) is 16.5 Å². The molecule has 0 aliphatic carbocycles. The normalized spacial score (nSPS) is 10.8. The van der Waals surface area contributed by atoms with Crippen molar-refractivity contribution in [2.24, 2.45) is 0 Å². The van der Waals surface area contributed by atoms with E-state index in [1.54, 1.807) is 6.07 Å². The molecule has 6 heteroatoms. The molecule has 5 rings (SSSR count). The van der Waals surface area contributed by atoms with E-state index in [2.05, 4.69) is 25.5 Å². The number of aromatic amines is 1. The molecule has 0 radical (unpaired) electrons. The molecular formula is C24H17N5O. The van der Waals surface area contributed by atoms with E-state index in [-0.39, 0.29) is 5.91 Å². The molecule has 0 fully saturated rings. The number of pyridine rings is 1. The Morgan fingerprint density at radius 2 is 1.53 bits per heavy atom. The van der Waals surface area contributed by atoms with Crippen LogP contribution in [0.1, 0.15) is 10.5 Å². The minimum absolute atomic E-state index is 0.281. The maximum absolute atomic E-state index is 12.8. The van der Waals surface area contributed by atoms with Crippen LogP contribution in [0.3, 0.4) is 0 Å². The van der Waals surface area contributed by atoms with Crippen molar-refractivity contribution in [2.45, 2.75) is 0 Å². The van der Waals surface area contributed by atoms with Gasteiger partial charge in [-0.3, -0.25) is 9.89 Å². The van der Waals surface area contributed by atoms with Gasteiger partial charge in [0.15, 0.2) is 11.6 Å². The smallest absolute Gasteiger partial charge is 0.274 e. The summed E-state index contributed by atoms with van der Waals surface area (Å²) in [6.07, 6.45) is 0. The van der Waals surface area contributed by atoms with Gasteiger partial charge < -0.3 is 5.32 Å². The molecule has 0 saturated heterocycles. The first-order chi connectivity index (χ1) is 14.8. The molecule has 3 aromatic carbocycles. The Morgan fingerprint density at radius 3 is 2.43 bits per heavy atom. The molecule has 0 aliphatic rings. The third-order valence-corrected chi connectivity index (χ3v) is 4.78. The molecule has 0 bridgehead atoms. The Bertz CT molecular complexity index is 1340. The van der Waals surface area contributed by atoms with Gasteiger partial charge in [-0.1, -0.05) is 66.7 Å². The van der Waals surface area contributed by atoms with E-state index in [0.29, 0.717) is 23.0 Å². The van der Waals surface area contributed by atoms with Crippen LogP contribution in [0, 0.1) is 0 Å². The van der Waals surface area contributed by atoms with Crippen LogP contribution < -0.4 is 5.32 Å². The number of hydrogen-bond donors (Lipinski definition) is 2. The highest BCUT2D eigenvalue weighted by Gasteiger charge is 2.15. The summed E-state index contributed by atoms with van der Waals surface area (Å²) in [5.74, 6) is 0.898. The zero-order chi connectivity index (χ0) is 20.3. The summed E-state index contributed by atoms with van der Waals surface area (Å²) < 4.78 is 0. The van der Waals surface area contributed by atoms with Crippen LogP contribution in [0.5, 0.6) is 0 Å². The number of benzene rings is 3. The standard InChI is InChI=1S/C24H17N5O/c30-24(21-15-14-16-8-4-6-12-19(16)25-21)26-20-13-7-5-11-18(20)23-27-22(28-29-23)17-9-2-1-3-10-17/h1-15H,(H,26,30)(H,27,28,29). The number of para-hydroxylation sites is 2. The van der Waals surface area contributed by atoms with Gasteiger partial charge in [-0.15, -0.1) is 0 Å². The van der Waals surface area contributed by atoms with Crippen molar-refractivity contribution in [2.75, 3.05) is 5.32 Å². The van der Waals surface area contributed by atoms with Gasteiger partial charge in [0.1, 0.15) is 5.69 Å². The summed E-state index contributed by atoms with van der Waals surface area (Å²) in [5.41, 5.74) is 3.43. The van der Waals surface area contributed by atoms with Crippen LogP contribution in [0.15, 0.2) is 91.0 Å². The van der Waals surface area contributed by atoms with E-state index >= 15 is 0 Å². The molecule has 144 valence electrons. The van der Waals surface area contributed by atoms with Gasteiger partial charge in [-0.25, -0.2) is 9.97 Å². The first kappa shape index (κ1) is 17.8.